The summed E-state index contributed by atoms with van der Waals surface area (Å²) in [4.78, 5) is 11.2. The van der Waals surface area contributed by atoms with Gasteiger partial charge in [-0.2, -0.15) is 0 Å². The summed E-state index contributed by atoms with van der Waals surface area (Å²) >= 11 is 0. The zero-order valence-electron chi connectivity index (χ0n) is 9.23. The number of nitrogens with two attached hydrogens (primary N) is 1. The number of hydrogen-bond donors (Lipinski definition) is 2. The van der Waals surface area contributed by atoms with Gasteiger partial charge in [0.05, 0.1) is 6.16 Å². The standard InChI is InChI=1S/C11H17N2OP/c1-15(2,9-11(14)13-12)8-10-6-4-3-5-7-10/h3-7H,8-9,12H2,1-2H3/p+1. The lowest BCUT2D eigenvalue weighted by Crippen LogP contribution is -2.33. The summed E-state index contributed by atoms with van der Waals surface area (Å²) in [6.45, 7) is 4.35. The average Bonchev–Trinajstić information content (AvgIpc) is 2.17. The Balaban J connectivity index is 2.60. The minimum atomic E-state index is -1.23. The van der Waals surface area contributed by atoms with Crippen molar-refractivity contribution in [3.05, 3.63) is 35.9 Å². The molecule has 82 valence electrons. The lowest BCUT2D eigenvalue weighted by Gasteiger charge is -2.16. The van der Waals surface area contributed by atoms with Crippen LogP contribution in [0.15, 0.2) is 30.3 Å². The fourth-order valence-corrected chi connectivity index (χ4v) is 3.75. The van der Waals surface area contributed by atoms with E-state index in [0.29, 0.717) is 6.16 Å². The van der Waals surface area contributed by atoms with E-state index in [2.05, 4.69) is 30.9 Å². The maximum absolute atomic E-state index is 11.2. The molecule has 0 fully saturated rings. The van der Waals surface area contributed by atoms with Crippen LogP contribution in [0.3, 0.4) is 0 Å². The van der Waals surface area contributed by atoms with E-state index in [1.54, 1.807) is 0 Å². The topological polar surface area (TPSA) is 55.1 Å². The fourth-order valence-electron chi connectivity index (χ4n) is 1.57. The second-order valence-electron chi connectivity index (χ2n) is 4.31. The van der Waals surface area contributed by atoms with Crippen molar-refractivity contribution in [3.8, 4) is 0 Å². The summed E-state index contributed by atoms with van der Waals surface area (Å²) in [5.41, 5.74) is 3.49. The Labute approximate surface area is 91.4 Å². The normalized spacial score (nSPS) is 11.1. The van der Waals surface area contributed by atoms with Gasteiger partial charge in [-0.15, -0.1) is 0 Å². The van der Waals surface area contributed by atoms with Gasteiger partial charge in [-0.25, -0.2) is 5.84 Å². The van der Waals surface area contributed by atoms with Crippen molar-refractivity contribution >= 4 is 13.2 Å². The molecule has 0 aromatic heterocycles. The largest absolute Gasteiger partial charge is 0.291 e. The zero-order valence-corrected chi connectivity index (χ0v) is 10.1. The highest BCUT2D eigenvalue weighted by Gasteiger charge is 2.28. The van der Waals surface area contributed by atoms with Crippen LogP contribution in [0.2, 0.25) is 0 Å². The average molecular weight is 225 g/mol. The number of rotatable bonds is 4. The highest BCUT2D eigenvalue weighted by atomic mass is 31.2. The molecule has 3 nitrogen and oxygen atoms in total. The molecular formula is C11H18N2OP+. The number of carbonyl (C=O) groups is 1. The van der Waals surface area contributed by atoms with Gasteiger partial charge in [0, 0.05) is 20.6 Å². The summed E-state index contributed by atoms with van der Waals surface area (Å²) in [6.07, 6.45) is 1.54. The quantitative estimate of drug-likeness (QED) is 0.353. The molecule has 1 aromatic rings. The third kappa shape index (κ3) is 4.41. The second-order valence-corrected chi connectivity index (χ2v) is 8.81. The maximum Gasteiger partial charge on any atom is 0.271 e. The van der Waals surface area contributed by atoms with Crippen LogP contribution in [-0.4, -0.2) is 25.4 Å². The van der Waals surface area contributed by atoms with Crippen molar-refractivity contribution in [3.63, 3.8) is 0 Å². The highest BCUT2D eigenvalue weighted by Crippen LogP contribution is 2.53. The van der Waals surface area contributed by atoms with Gasteiger partial charge in [0.15, 0.2) is 0 Å². The monoisotopic (exact) mass is 225 g/mol. The predicted octanol–water partition coefficient (Wildman–Crippen LogP) is 1.45. The Morgan fingerprint density at radius 3 is 2.47 bits per heavy atom. The third-order valence-corrected chi connectivity index (χ3v) is 4.55. The summed E-state index contributed by atoms with van der Waals surface area (Å²) in [7, 11) is -1.23. The molecule has 3 N–H and O–H groups in total. The van der Waals surface area contributed by atoms with E-state index in [1.807, 2.05) is 18.2 Å². The Hall–Kier alpha value is -0.920. The van der Waals surface area contributed by atoms with Gasteiger partial charge < -0.3 is 0 Å². The van der Waals surface area contributed by atoms with Crippen LogP contribution in [0, 0.1) is 0 Å². The van der Waals surface area contributed by atoms with Gasteiger partial charge in [0.2, 0.25) is 0 Å². The van der Waals surface area contributed by atoms with Crippen LogP contribution < -0.4 is 11.3 Å². The first-order valence-electron chi connectivity index (χ1n) is 4.89. The summed E-state index contributed by atoms with van der Waals surface area (Å²) in [5.74, 6) is 5.03. The van der Waals surface area contributed by atoms with Gasteiger partial charge >= 0.3 is 0 Å². The SMILES string of the molecule is C[P+](C)(CC(=O)NN)Cc1ccccc1. The van der Waals surface area contributed by atoms with Crippen molar-refractivity contribution in [2.45, 2.75) is 6.16 Å². The van der Waals surface area contributed by atoms with Gasteiger partial charge in [0.1, 0.15) is 6.16 Å². The zero-order chi connectivity index (χ0) is 11.3. The molecule has 1 amide bonds. The number of carbonyl (C=O) groups excluding carboxylic acids is 1. The lowest BCUT2D eigenvalue weighted by atomic mass is 10.2. The molecule has 0 bridgehead atoms. The van der Waals surface area contributed by atoms with Crippen LogP contribution in [0.1, 0.15) is 5.56 Å². The van der Waals surface area contributed by atoms with Gasteiger partial charge in [-0.3, -0.25) is 10.2 Å². The first-order valence-corrected chi connectivity index (χ1v) is 7.94. The molecule has 0 aliphatic heterocycles. The third-order valence-electron chi connectivity index (χ3n) is 2.19. The molecule has 0 aliphatic carbocycles. The maximum atomic E-state index is 11.2. The van der Waals surface area contributed by atoms with Crippen LogP contribution in [0.5, 0.6) is 0 Å². The molecule has 0 unspecified atom stereocenters. The molecule has 0 spiro atoms. The molecule has 15 heavy (non-hydrogen) atoms. The number of amides is 1. The van der Waals surface area contributed by atoms with E-state index >= 15 is 0 Å². The smallest absolute Gasteiger partial charge is 0.271 e. The predicted molar refractivity (Wildman–Crippen MR) is 66.1 cm³/mol. The van der Waals surface area contributed by atoms with E-state index < -0.39 is 7.26 Å². The summed E-state index contributed by atoms with van der Waals surface area (Å²) < 4.78 is 0. The van der Waals surface area contributed by atoms with E-state index in [0.717, 1.165) is 6.16 Å². The highest BCUT2D eigenvalue weighted by molar-refractivity contribution is 7.74. The number of hydrogen-bond acceptors (Lipinski definition) is 2. The minimum Gasteiger partial charge on any atom is -0.291 e. The van der Waals surface area contributed by atoms with E-state index in [1.165, 1.54) is 5.56 Å². The Bertz CT molecular complexity index is 325. The fraction of sp³-hybridized carbons (Fsp3) is 0.364. The molecule has 0 heterocycles. The summed E-state index contributed by atoms with van der Waals surface area (Å²) in [5, 5.41) is 0. The van der Waals surface area contributed by atoms with E-state index in [9.17, 15) is 4.79 Å². The molecule has 0 radical (unpaired) electrons. The molecule has 0 aliphatic rings. The molecule has 1 aromatic carbocycles. The van der Waals surface area contributed by atoms with Crippen molar-refractivity contribution in [1.29, 1.82) is 0 Å². The summed E-state index contributed by atoms with van der Waals surface area (Å²) in [6, 6.07) is 10.3. The molecule has 0 atom stereocenters. The van der Waals surface area contributed by atoms with Gasteiger partial charge in [-0.1, -0.05) is 30.3 Å². The van der Waals surface area contributed by atoms with Crippen molar-refractivity contribution in [2.75, 3.05) is 19.5 Å². The van der Waals surface area contributed by atoms with Crippen LogP contribution in [-0.2, 0) is 11.0 Å². The molecule has 0 saturated carbocycles. The Kier molecular flexibility index (Phi) is 4.25. The number of nitrogens with one attached hydrogen (secondary N) is 1. The second kappa shape index (κ2) is 5.24. The van der Waals surface area contributed by atoms with Gasteiger partial charge in [0.25, 0.3) is 5.91 Å². The van der Waals surface area contributed by atoms with Gasteiger partial charge in [-0.05, 0) is 5.56 Å². The van der Waals surface area contributed by atoms with Crippen molar-refractivity contribution in [2.24, 2.45) is 5.84 Å². The Morgan fingerprint density at radius 2 is 1.93 bits per heavy atom. The Morgan fingerprint density at radius 1 is 1.33 bits per heavy atom. The first-order chi connectivity index (χ1) is 7.03. The van der Waals surface area contributed by atoms with E-state index in [4.69, 9.17) is 5.84 Å². The first kappa shape index (κ1) is 12.2. The molecule has 1 rings (SSSR count). The minimum absolute atomic E-state index is 0.0655. The van der Waals surface area contributed by atoms with Crippen LogP contribution in [0.4, 0.5) is 0 Å². The lowest BCUT2D eigenvalue weighted by molar-refractivity contribution is -0.118. The number of benzene rings is 1. The van der Waals surface area contributed by atoms with Crippen LogP contribution in [0.25, 0.3) is 0 Å². The van der Waals surface area contributed by atoms with Crippen molar-refractivity contribution < 1.29 is 4.79 Å². The van der Waals surface area contributed by atoms with Crippen LogP contribution >= 0.6 is 7.26 Å². The van der Waals surface area contributed by atoms with E-state index in [-0.39, 0.29) is 5.91 Å². The molecular weight excluding hydrogens is 207 g/mol. The van der Waals surface area contributed by atoms with Crippen molar-refractivity contribution in [1.82, 2.24) is 5.43 Å². The molecule has 0 saturated heterocycles. The number of hydrazine groups is 1. The molecule has 4 heteroatoms.